The van der Waals surface area contributed by atoms with Crippen molar-refractivity contribution >= 4 is 35.6 Å². The number of guanidine groups is 1. The molecule has 0 saturated carbocycles. The molecular formula is C19H27F2IN6. The molecule has 9 heteroatoms. The second-order valence-corrected chi connectivity index (χ2v) is 6.78. The molecule has 0 radical (unpaired) electrons. The molecule has 2 heterocycles. The first-order chi connectivity index (χ1) is 13.1. The van der Waals surface area contributed by atoms with Gasteiger partial charge in [0.05, 0.1) is 6.20 Å². The number of nitrogens with zero attached hydrogens (tertiary/aromatic N) is 4. The number of para-hydroxylation sites is 1. The summed E-state index contributed by atoms with van der Waals surface area (Å²) in [6.07, 6.45) is 5.57. The van der Waals surface area contributed by atoms with Crippen LogP contribution in [0.25, 0.3) is 0 Å². The minimum absolute atomic E-state index is 0. The summed E-state index contributed by atoms with van der Waals surface area (Å²) in [5, 5.41) is 10.9. The quantitative estimate of drug-likeness (QED) is 0.275. The molecular weight excluding hydrogens is 477 g/mol. The maximum Gasteiger partial charge on any atom is 0.191 e. The van der Waals surface area contributed by atoms with Crippen LogP contribution in [0.2, 0.25) is 0 Å². The van der Waals surface area contributed by atoms with Gasteiger partial charge in [0.1, 0.15) is 17.3 Å². The Hall–Kier alpha value is -1.91. The molecule has 0 aliphatic carbocycles. The van der Waals surface area contributed by atoms with Crippen molar-refractivity contribution in [2.45, 2.75) is 32.4 Å². The predicted octanol–water partition coefficient (Wildman–Crippen LogP) is 2.92. The Bertz CT molecular complexity index is 774. The van der Waals surface area contributed by atoms with Gasteiger partial charge >= 0.3 is 0 Å². The van der Waals surface area contributed by atoms with E-state index in [0.29, 0.717) is 19.0 Å². The van der Waals surface area contributed by atoms with Crippen molar-refractivity contribution in [1.29, 1.82) is 0 Å². The number of halogens is 3. The van der Waals surface area contributed by atoms with Crippen molar-refractivity contribution in [1.82, 2.24) is 20.4 Å². The van der Waals surface area contributed by atoms with Crippen LogP contribution in [0.4, 0.5) is 14.5 Å². The van der Waals surface area contributed by atoms with E-state index in [9.17, 15) is 8.78 Å². The van der Waals surface area contributed by atoms with Crippen molar-refractivity contribution in [2.75, 3.05) is 31.6 Å². The van der Waals surface area contributed by atoms with Crippen LogP contribution in [-0.2, 0) is 6.54 Å². The van der Waals surface area contributed by atoms with Crippen LogP contribution in [0.5, 0.6) is 0 Å². The van der Waals surface area contributed by atoms with Gasteiger partial charge in [-0.25, -0.2) is 8.78 Å². The normalized spacial score (nSPS) is 16.8. The third kappa shape index (κ3) is 5.79. The number of aromatic nitrogens is 2. The van der Waals surface area contributed by atoms with Crippen molar-refractivity contribution in [2.24, 2.45) is 4.99 Å². The van der Waals surface area contributed by atoms with E-state index < -0.39 is 11.6 Å². The van der Waals surface area contributed by atoms with Gasteiger partial charge in [0.15, 0.2) is 5.96 Å². The van der Waals surface area contributed by atoms with Gasteiger partial charge in [-0.2, -0.15) is 5.10 Å². The average molecular weight is 504 g/mol. The van der Waals surface area contributed by atoms with E-state index in [4.69, 9.17) is 0 Å². The first kappa shape index (κ1) is 22.4. The molecule has 1 aromatic heterocycles. The van der Waals surface area contributed by atoms with Gasteiger partial charge < -0.3 is 15.5 Å². The minimum Gasteiger partial charge on any atom is -0.365 e. The molecule has 1 saturated heterocycles. The highest BCUT2D eigenvalue weighted by Gasteiger charge is 2.27. The highest BCUT2D eigenvalue weighted by Crippen LogP contribution is 2.26. The van der Waals surface area contributed by atoms with Crippen LogP contribution in [0.15, 0.2) is 35.6 Å². The summed E-state index contributed by atoms with van der Waals surface area (Å²) in [7, 11) is 1.72. The molecule has 28 heavy (non-hydrogen) atoms. The fourth-order valence-corrected chi connectivity index (χ4v) is 3.30. The summed E-state index contributed by atoms with van der Waals surface area (Å²) in [6.45, 7) is 4.75. The number of hydrogen-bond donors (Lipinski definition) is 2. The Morgan fingerprint density at radius 1 is 1.32 bits per heavy atom. The van der Waals surface area contributed by atoms with Crippen LogP contribution < -0.4 is 15.5 Å². The SMILES string of the molecule is CN=C(NCCCn1cc(C)cn1)NC1CCN(c2c(F)cccc2F)C1.I. The van der Waals surface area contributed by atoms with Crippen LogP contribution >= 0.6 is 24.0 Å². The van der Waals surface area contributed by atoms with Gasteiger partial charge in [0.2, 0.25) is 0 Å². The number of rotatable bonds is 6. The average Bonchev–Trinajstić information content (AvgIpc) is 3.26. The lowest BCUT2D eigenvalue weighted by Crippen LogP contribution is -2.45. The summed E-state index contributed by atoms with van der Waals surface area (Å²) >= 11 is 0. The van der Waals surface area contributed by atoms with Crippen LogP contribution in [0, 0.1) is 18.6 Å². The van der Waals surface area contributed by atoms with E-state index in [-0.39, 0.29) is 35.7 Å². The molecule has 1 aromatic carbocycles. The van der Waals surface area contributed by atoms with Crippen LogP contribution in [0.1, 0.15) is 18.4 Å². The van der Waals surface area contributed by atoms with Gasteiger partial charge in [-0.15, -0.1) is 24.0 Å². The number of nitrogens with one attached hydrogen (secondary N) is 2. The van der Waals surface area contributed by atoms with Gasteiger partial charge in [-0.3, -0.25) is 9.67 Å². The second-order valence-electron chi connectivity index (χ2n) is 6.78. The summed E-state index contributed by atoms with van der Waals surface area (Å²) in [5.74, 6) is -0.341. The van der Waals surface area contributed by atoms with Gasteiger partial charge in [0.25, 0.3) is 0 Å². The molecule has 1 unspecified atom stereocenters. The Balaban J connectivity index is 0.00000280. The minimum atomic E-state index is -0.521. The molecule has 2 N–H and O–H groups in total. The van der Waals surface area contributed by atoms with Gasteiger partial charge in [-0.1, -0.05) is 6.07 Å². The van der Waals surface area contributed by atoms with E-state index in [0.717, 1.165) is 31.5 Å². The summed E-state index contributed by atoms with van der Waals surface area (Å²) in [5.41, 5.74) is 1.21. The number of benzene rings is 1. The number of anilines is 1. The number of hydrogen-bond acceptors (Lipinski definition) is 3. The van der Waals surface area contributed by atoms with Crippen LogP contribution in [0.3, 0.4) is 0 Å². The lowest BCUT2D eigenvalue weighted by Gasteiger charge is -2.21. The first-order valence-electron chi connectivity index (χ1n) is 9.22. The standard InChI is InChI=1S/C19H26F2N6.HI/c1-14-11-24-27(12-14)9-4-8-23-19(22-2)25-15-7-10-26(13-15)18-16(20)5-3-6-17(18)21;/h3,5-6,11-12,15H,4,7-10,13H2,1-2H3,(H2,22,23,25);1H. The van der Waals surface area contributed by atoms with Crippen molar-refractivity contribution in [3.63, 3.8) is 0 Å². The molecule has 1 aliphatic rings. The lowest BCUT2D eigenvalue weighted by atomic mass is 10.2. The number of aliphatic imine (C=N–C) groups is 1. The van der Waals surface area contributed by atoms with E-state index in [2.05, 4.69) is 20.7 Å². The monoisotopic (exact) mass is 504 g/mol. The predicted molar refractivity (Wildman–Crippen MR) is 118 cm³/mol. The molecule has 2 aromatic rings. The second kappa shape index (κ2) is 10.6. The Kier molecular flexibility index (Phi) is 8.46. The van der Waals surface area contributed by atoms with Crippen molar-refractivity contribution in [3.8, 4) is 0 Å². The van der Waals surface area contributed by atoms with Crippen molar-refractivity contribution < 1.29 is 8.78 Å². The van der Waals surface area contributed by atoms with Crippen molar-refractivity contribution in [3.05, 3.63) is 47.8 Å². The molecule has 0 amide bonds. The highest BCUT2D eigenvalue weighted by atomic mass is 127. The molecule has 154 valence electrons. The lowest BCUT2D eigenvalue weighted by molar-refractivity contribution is 0.564. The molecule has 1 atom stereocenters. The zero-order chi connectivity index (χ0) is 19.2. The van der Waals surface area contributed by atoms with E-state index in [1.807, 2.05) is 24.0 Å². The molecule has 0 spiro atoms. The van der Waals surface area contributed by atoms with E-state index in [1.165, 1.54) is 18.2 Å². The van der Waals surface area contributed by atoms with Gasteiger partial charge in [0, 0.05) is 45.5 Å². The topological polar surface area (TPSA) is 57.5 Å². The maximum atomic E-state index is 14.0. The van der Waals surface area contributed by atoms with E-state index >= 15 is 0 Å². The summed E-state index contributed by atoms with van der Waals surface area (Å²) in [6, 6.07) is 4.06. The summed E-state index contributed by atoms with van der Waals surface area (Å²) in [4.78, 5) is 5.98. The Morgan fingerprint density at radius 3 is 2.71 bits per heavy atom. The van der Waals surface area contributed by atoms with Gasteiger partial charge in [-0.05, 0) is 37.5 Å². The highest BCUT2D eigenvalue weighted by molar-refractivity contribution is 14.0. The largest absolute Gasteiger partial charge is 0.365 e. The molecule has 3 rings (SSSR count). The Morgan fingerprint density at radius 2 is 2.07 bits per heavy atom. The number of aryl methyl sites for hydroxylation is 2. The smallest absolute Gasteiger partial charge is 0.191 e. The van der Waals surface area contributed by atoms with Crippen LogP contribution in [-0.4, -0.2) is 48.5 Å². The molecule has 6 nitrogen and oxygen atoms in total. The summed E-state index contributed by atoms with van der Waals surface area (Å²) < 4.78 is 29.8. The fourth-order valence-electron chi connectivity index (χ4n) is 3.30. The first-order valence-corrected chi connectivity index (χ1v) is 9.22. The fraction of sp³-hybridized carbons (Fsp3) is 0.474. The third-order valence-corrected chi connectivity index (χ3v) is 4.63. The molecule has 0 bridgehead atoms. The zero-order valence-electron chi connectivity index (χ0n) is 16.2. The zero-order valence-corrected chi connectivity index (χ0v) is 18.5. The molecule has 1 fully saturated rings. The Labute approximate surface area is 181 Å². The maximum absolute atomic E-state index is 14.0. The molecule has 1 aliphatic heterocycles. The third-order valence-electron chi connectivity index (χ3n) is 4.63. The van der Waals surface area contributed by atoms with E-state index in [1.54, 1.807) is 11.9 Å².